The third-order valence-electron chi connectivity index (χ3n) is 5.81. The van der Waals surface area contributed by atoms with Crippen molar-refractivity contribution in [3.05, 3.63) is 59.7 Å². The number of amides is 2. The molecule has 3 N–H and O–H groups in total. The number of hydrogen-bond acceptors (Lipinski definition) is 4. The molecule has 0 radical (unpaired) electrons. The molecule has 2 aromatic rings. The maximum absolute atomic E-state index is 13.0. The Balaban J connectivity index is 1.37. The predicted molar refractivity (Wildman–Crippen MR) is 110 cm³/mol. The fourth-order valence-electron chi connectivity index (χ4n) is 4.00. The lowest BCUT2D eigenvalue weighted by molar-refractivity contribution is -0.139. The summed E-state index contributed by atoms with van der Waals surface area (Å²) in [5.74, 6) is -6.14. The first kappa shape index (κ1) is 21.7. The molecule has 0 saturated heterocycles. The molecular weight excluding hydrogens is 422 g/mol. The third kappa shape index (κ3) is 4.56. The summed E-state index contributed by atoms with van der Waals surface area (Å²) in [6.07, 6.45) is -1.97. The van der Waals surface area contributed by atoms with Crippen molar-refractivity contribution >= 4 is 18.0 Å². The first-order valence-corrected chi connectivity index (χ1v) is 10.2. The first-order valence-electron chi connectivity index (χ1n) is 10.2. The number of alkyl carbamates (subject to hydrolysis) is 1. The van der Waals surface area contributed by atoms with E-state index in [1.807, 2.05) is 48.5 Å². The zero-order valence-electron chi connectivity index (χ0n) is 17.0. The molecule has 0 aromatic heterocycles. The van der Waals surface area contributed by atoms with Gasteiger partial charge in [0.1, 0.15) is 12.6 Å². The second kappa shape index (κ2) is 8.57. The van der Waals surface area contributed by atoms with Crippen molar-refractivity contribution in [3.63, 3.8) is 0 Å². The Morgan fingerprint density at radius 2 is 1.62 bits per heavy atom. The van der Waals surface area contributed by atoms with E-state index < -0.39 is 42.3 Å². The Morgan fingerprint density at radius 1 is 1.06 bits per heavy atom. The van der Waals surface area contributed by atoms with Crippen LogP contribution in [0.15, 0.2) is 48.5 Å². The lowest BCUT2D eigenvalue weighted by atomic mass is 9.98. The highest BCUT2D eigenvalue weighted by Gasteiger charge is 2.56. The minimum Gasteiger partial charge on any atom is -0.481 e. The molecule has 0 bridgehead atoms. The van der Waals surface area contributed by atoms with Crippen LogP contribution in [0.25, 0.3) is 11.1 Å². The van der Waals surface area contributed by atoms with E-state index in [1.54, 1.807) is 0 Å². The quantitative estimate of drug-likeness (QED) is 0.580. The van der Waals surface area contributed by atoms with Gasteiger partial charge in [-0.15, -0.1) is 0 Å². The zero-order valence-corrected chi connectivity index (χ0v) is 17.0. The number of rotatable bonds is 8. The maximum atomic E-state index is 13.0. The van der Waals surface area contributed by atoms with E-state index in [2.05, 4.69) is 10.6 Å². The van der Waals surface area contributed by atoms with E-state index in [0.29, 0.717) is 0 Å². The van der Waals surface area contributed by atoms with E-state index in [9.17, 15) is 23.2 Å². The summed E-state index contributed by atoms with van der Waals surface area (Å²) in [6.45, 7) is -0.288. The molecule has 7 nitrogen and oxygen atoms in total. The van der Waals surface area contributed by atoms with Crippen molar-refractivity contribution in [2.45, 2.75) is 30.7 Å². The van der Waals surface area contributed by atoms with Gasteiger partial charge in [0.15, 0.2) is 0 Å². The van der Waals surface area contributed by atoms with Crippen LogP contribution >= 0.6 is 0 Å². The molecule has 0 spiro atoms. The van der Waals surface area contributed by atoms with E-state index >= 15 is 0 Å². The number of carbonyl (C=O) groups excluding carboxylic acids is 2. The van der Waals surface area contributed by atoms with Crippen molar-refractivity contribution in [2.24, 2.45) is 5.92 Å². The highest BCUT2D eigenvalue weighted by molar-refractivity contribution is 5.89. The number of carboxylic acids is 1. The van der Waals surface area contributed by atoms with Crippen molar-refractivity contribution in [1.82, 2.24) is 10.6 Å². The zero-order chi connectivity index (χ0) is 22.9. The second-order valence-corrected chi connectivity index (χ2v) is 8.03. The van der Waals surface area contributed by atoms with Crippen LogP contribution in [0.2, 0.25) is 0 Å². The SMILES string of the molecule is O=C(O)CC(NC(=O)OCC1c2ccccc2-c2ccccc21)C(=O)NCC1CC1(F)F. The number of nitrogens with one attached hydrogen (secondary N) is 2. The Bertz CT molecular complexity index is 1010. The Labute approximate surface area is 182 Å². The second-order valence-electron chi connectivity index (χ2n) is 8.03. The third-order valence-corrected chi connectivity index (χ3v) is 5.81. The van der Waals surface area contributed by atoms with Crippen LogP contribution in [0.5, 0.6) is 0 Å². The molecule has 168 valence electrons. The molecule has 1 fully saturated rings. The van der Waals surface area contributed by atoms with E-state index in [-0.39, 0.29) is 25.5 Å². The minimum atomic E-state index is -2.81. The lowest BCUT2D eigenvalue weighted by Gasteiger charge is -2.18. The number of carbonyl (C=O) groups is 3. The number of fused-ring (bicyclic) bond motifs is 3. The van der Waals surface area contributed by atoms with Crippen LogP contribution < -0.4 is 10.6 Å². The van der Waals surface area contributed by atoms with Crippen LogP contribution in [-0.4, -0.2) is 48.2 Å². The van der Waals surface area contributed by atoms with E-state index in [0.717, 1.165) is 22.3 Å². The smallest absolute Gasteiger partial charge is 0.407 e. The minimum absolute atomic E-state index is 0.00440. The largest absolute Gasteiger partial charge is 0.481 e. The molecule has 2 unspecified atom stereocenters. The molecule has 1 saturated carbocycles. The van der Waals surface area contributed by atoms with Crippen molar-refractivity contribution < 1.29 is 33.0 Å². The number of ether oxygens (including phenoxy) is 1. The molecule has 0 heterocycles. The number of alkyl halides is 2. The van der Waals surface area contributed by atoms with E-state index in [4.69, 9.17) is 9.84 Å². The number of hydrogen-bond donors (Lipinski definition) is 3. The Hall–Kier alpha value is -3.49. The average molecular weight is 444 g/mol. The Kier molecular flexibility index (Phi) is 5.82. The molecular formula is C23H22F2N2O5. The normalized spacial score (nSPS) is 18.8. The van der Waals surface area contributed by atoms with Gasteiger partial charge >= 0.3 is 12.1 Å². The van der Waals surface area contributed by atoms with Crippen molar-refractivity contribution in [1.29, 1.82) is 0 Å². The molecule has 2 aliphatic carbocycles. The van der Waals surface area contributed by atoms with Gasteiger partial charge in [0.05, 0.1) is 6.42 Å². The molecule has 4 rings (SSSR count). The predicted octanol–water partition coefficient (Wildman–Crippen LogP) is 3.14. The topological polar surface area (TPSA) is 105 Å². The average Bonchev–Trinajstić information content (AvgIpc) is 3.25. The van der Waals surface area contributed by atoms with Gasteiger partial charge in [-0.3, -0.25) is 9.59 Å². The fraction of sp³-hybridized carbons (Fsp3) is 0.348. The number of aliphatic carboxylic acids is 1. The molecule has 2 aromatic carbocycles. The van der Waals surface area contributed by atoms with Crippen LogP contribution in [0.3, 0.4) is 0 Å². The summed E-state index contributed by atoms with van der Waals surface area (Å²) in [7, 11) is 0. The van der Waals surface area contributed by atoms with Gasteiger partial charge in [0, 0.05) is 24.8 Å². The summed E-state index contributed by atoms with van der Waals surface area (Å²) in [6, 6.07) is 14.1. The van der Waals surface area contributed by atoms with Gasteiger partial charge in [-0.1, -0.05) is 48.5 Å². The van der Waals surface area contributed by atoms with Crippen LogP contribution in [-0.2, 0) is 14.3 Å². The van der Waals surface area contributed by atoms with Gasteiger partial charge < -0.3 is 20.5 Å². The van der Waals surface area contributed by atoms with Gasteiger partial charge in [-0.2, -0.15) is 0 Å². The van der Waals surface area contributed by atoms with Crippen molar-refractivity contribution in [3.8, 4) is 11.1 Å². The van der Waals surface area contributed by atoms with Crippen LogP contribution in [0.1, 0.15) is 29.9 Å². The summed E-state index contributed by atoms with van der Waals surface area (Å²) >= 11 is 0. The monoisotopic (exact) mass is 444 g/mol. The highest BCUT2D eigenvalue weighted by atomic mass is 19.3. The van der Waals surface area contributed by atoms with E-state index in [1.165, 1.54) is 0 Å². The molecule has 2 atom stereocenters. The lowest BCUT2D eigenvalue weighted by Crippen LogP contribution is -2.48. The maximum Gasteiger partial charge on any atom is 0.407 e. The molecule has 32 heavy (non-hydrogen) atoms. The summed E-state index contributed by atoms with van der Waals surface area (Å²) in [5, 5.41) is 13.6. The van der Waals surface area contributed by atoms with Crippen LogP contribution in [0.4, 0.5) is 13.6 Å². The molecule has 2 amide bonds. The highest BCUT2D eigenvalue weighted by Crippen LogP contribution is 2.48. The number of carboxylic acid groups (broad SMARTS) is 1. The molecule has 0 aliphatic heterocycles. The fourth-order valence-corrected chi connectivity index (χ4v) is 4.00. The van der Waals surface area contributed by atoms with Crippen molar-refractivity contribution in [2.75, 3.05) is 13.2 Å². The van der Waals surface area contributed by atoms with Gasteiger partial charge in [0.25, 0.3) is 5.92 Å². The summed E-state index contributed by atoms with van der Waals surface area (Å²) < 4.78 is 31.3. The molecule has 9 heteroatoms. The molecule has 2 aliphatic rings. The summed E-state index contributed by atoms with van der Waals surface area (Å²) in [4.78, 5) is 35.7. The van der Waals surface area contributed by atoms with Gasteiger partial charge in [-0.25, -0.2) is 13.6 Å². The first-order chi connectivity index (χ1) is 15.3. The van der Waals surface area contributed by atoms with Gasteiger partial charge in [-0.05, 0) is 22.3 Å². The van der Waals surface area contributed by atoms with Crippen LogP contribution in [0, 0.1) is 5.92 Å². The Morgan fingerprint density at radius 3 is 2.16 bits per heavy atom. The number of benzene rings is 2. The summed E-state index contributed by atoms with van der Waals surface area (Å²) in [5.41, 5.74) is 4.12. The number of halogens is 2. The van der Waals surface area contributed by atoms with Gasteiger partial charge in [0.2, 0.25) is 5.91 Å². The standard InChI is InChI=1S/C23H22F2N2O5/c24-23(25)10-13(23)11-26-21(30)19(9-20(28)29)27-22(31)32-12-18-16-7-3-1-5-14(16)15-6-2-4-8-17(15)18/h1-8,13,18-19H,9-12H2,(H,26,30)(H,27,31)(H,28,29).